The molecule has 1 aliphatic carbocycles. The van der Waals surface area contributed by atoms with Crippen LogP contribution in [0.2, 0.25) is 0 Å². The molecule has 4 rings (SSSR count). The lowest BCUT2D eigenvalue weighted by molar-refractivity contribution is -0.156. The fourth-order valence-corrected chi connectivity index (χ4v) is 4.35. The fourth-order valence-electron chi connectivity index (χ4n) is 4.35. The summed E-state index contributed by atoms with van der Waals surface area (Å²) in [5.41, 5.74) is -0.0325. The van der Waals surface area contributed by atoms with Crippen LogP contribution in [0.3, 0.4) is 0 Å². The molecule has 1 aromatic heterocycles. The summed E-state index contributed by atoms with van der Waals surface area (Å²) >= 11 is 0. The monoisotopic (exact) mass is 436 g/mol. The van der Waals surface area contributed by atoms with Gasteiger partial charge in [-0.25, -0.2) is 0 Å². The predicted molar refractivity (Wildman–Crippen MR) is 106 cm³/mol. The molecule has 0 aromatic carbocycles. The Morgan fingerprint density at radius 2 is 1.94 bits per heavy atom. The summed E-state index contributed by atoms with van der Waals surface area (Å²) in [6.07, 6.45) is 6.02. The van der Waals surface area contributed by atoms with Crippen LogP contribution in [0.1, 0.15) is 49.0 Å². The number of H-pyrrole nitrogens is 1. The Bertz CT molecular complexity index is 757. The summed E-state index contributed by atoms with van der Waals surface area (Å²) < 4.78 is 5.77. The number of morpholine rings is 1. The van der Waals surface area contributed by atoms with Crippen LogP contribution < -0.4 is 10.6 Å². The highest BCUT2D eigenvalue weighted by molar-refractivity contribution is 5.92. The summed E-state index contributed by atoms with van der Waals surface area (Å²) in [5.74, 6) is -0.0850. The van der Waals surface area contributed by atoms with Gasteiger partial charge in [-0.15, -0.1) is 0 Å². The number of carboxylic acid groups (broad SMARTS) is 1. The van der Waals surface area contributed by atoms with Crippen LogP contribution in [0.25, 0.3) is 0 Å². The zero-order chi connectivity index (χ0) is 22.3. The van der Waals surface area contributed by atoms with Crippen molar-refractivity contribution in [3.63, 3.8) is 0 Å². The first-order valence-corrected chi connectivity index (χ1v) is 10.4. The molecular weight excluding hydrogens is 408 g/mol. The van der Waals surface area contributed by atoms with Gasteiger partial charge in [0.2, 0.25) is 11.8 Å². The van der Waals surface area contributed by atoms with E-state index in [1.807, 2.05) is 4.90 Å². The second-order valence-corrected chi connectivity index (χ2v) is 8.06. The minimum absolute atomic E-state index is 0.0150. The lowest BCUT2D eigenvalue weighted by atomic mass is 9.83. The highest BCUT2D eigenvalue weighted by atomic mass is 16.5. The lowest BCUT2D eigenvalue weighted by Gasteiger charge is -2.44. The third kappa shape index (κ3) is 5.78. The molecule has 3 amide bonds. The molecule has 4 N–H and O–H groups in total. The number of carbonyl (C=O) groups is 4. The number of piperidine rings is 1. The predicted octanol–water partition coefficient (Wildman–Crippen LogP) is -0.698. The van der Waals surface area contributed by atoms with E-state index >= 15 is 0 Å². The summed E-state index contributed by atoms with van der Waals surface area (Å²) in [6, 6.07) is 0.0668. The molecule has 0 bridgehead atoms. The van der Waals surface area contributed by atoms with Gasteiger partial charge in [-0.2, -0.15) is 15.4 Å². The molecule has 0 unspecified atom stereocenters. The smallest absolute Gasteiger partial charge is 0.290 e. The van der Waals surface area contributed by atoms with Crippen molar-refractivity contribution in [2.75, 3.05) is 26.2 Å². The van der Waals surface area contributed by atoms with Crippen molar-refractivity contribution in [2.24, 2.45) is 5.92 Å². The molecule has 3 fully saturated rings. The largest absolute Gasteiger partial charge is 0.483 e. The summed E-state index contributed by atoms with van der Waals surface area (Å²) in [6.45, 7) is 1.72. The molecule has 0 radical (unpaired) electrons. The topological polar surface area (TPSA) is 167 Å². The van der Waals surface area contributed by atoms with E-state index in [4.69, 9.17) is 14.6 Å². The molecule has 12 nitrogen and oxygen atoms in total. The number of nitrogens with one attached hydrogen (secondary N) is 3. The maximum absolute atomic E-state index is 12.9. The van der Waals surface area contributed by atoms with Crippen LogP contribution >= 0.6 is 0 Å². The highest BCUT2D eigenvalue weighted by Gasteiger charge is 2.41. The number of carbonyl (C=O) groups excluding carboxylic acids is 3. The third-order valence-electron chi connectivity index (χ3n) is 6.16. The van der Waals surface area contributed by atoms with Crippen molar-refractivity contribution >= 4 is 24.2 Å². The second kappa shape index (κ2) is 10.3. The fraction of sp³-hybridized carbons (Fsp3) is 0.684. The van der Waals surface area contributed by atoms with Gasteiger partial charge in [-0.3, -0.25) is 19.2 Å². The minimum atomic E-state index is -0.312. The number of hydrogen-bond donors (Lipinski definition) is 4. The van der Waals surface area contributed by atoms with Crippen molar-refractivity contribution in [3.05, 3.63) is 11.9 Å². The quantitative estimate of drug-likeness (QED) is 0.451. The van der Waals surface area contributed by atoms with E-state index in [0.717, 1.165) is 38.5 Å². The first kappa shape index (κ1) is 22.7. The first-order valence-electron chi connectivity index (χ1n) is 10.4. The maximum Gasteiger partial charge on any atom is 0.290 e. The van der Waals surface area contributed by atoms with Gasteiger partial charge in [-0.05, 0) is 38.5 Å². The number of hydrogen-bond acceptors (Lipinski definition) is 7. The van der Waals surface area contributed by atoms with Crippen molar-refractivity contribution in [3.8, 4) is 0 Å². The molecule has 3 heterocycles. The van der Waals surface area contributed by atoms with Crippen molar-refractivity contribution in [2.45, 2.75) is 50.2 Å². The van der Waals surface area contributed by atoms with E-state index in [-0.39, 0.29) is 54.1 Å². The van der Waals surface area contributed by atoms with Crippen LogP contribution in [0.15, 0.2) is 6.20 Å². The van der Waals surface area contributed by atoms with Gasteiger partial charge in [0.15, 0.2) is 5.69 Å². The Kier molecular flexibility index (Phi) is 7.55. The number of aromatic nitrogens is 3. The number of nitrogens with zero attached hydrogens (tertiary/aromatic N) is 3. The van der Waals surface area contributed by atoms with E-state index in [1.54, 1.807) is 0 Å². The van der Waals surface area contributed by atoms with E-state index in [1.165, 1.54) is 6.20 Å². The summed E-state index contributed by atoms with van der Waals surface area (Å²) in [4.78, 5) is 46.5. The van der Waals surface area contributed by atoms with Crippen LogP contribution in [0.4, 0.5) is 0 Å². The van der Waals surface area contributed by atoms with E-state index in [9.17, 15) is 14.4 Å². The Morgan fingerprint density at radius 3 is 2.48 bits per heavy atom. The van der Waals surface area contributed by atoms with Crippen LogP contribution in [0, 0.1) is 5.92 Å². The summed E-state index contributed by atoms with van der Waals surface area (Å²) in [5, 5.41) is 22.6. The average Bonchev–Trinajstić information content (AvgIpc) is 3.32. The molecule has 2 saturated heterocycles. The Balaban J connectivity index is 0.000000858. The van der Waals surface area contributed by atoms with Crippen molar-refractivity contribution < 1.29 is 29.0 Å². The van der Waals surface area contributed by atoms with Crippen LogP contribution in [-0.2, 0) is 19.1 Å². The molecule has 0 atom stereocenters. The van der Waals surface area contributed by atoms with Gasteiger partial charge in [-0.1, -0.05) is 0 Å². The number of likely N-dealkylation sites (tertiary alicyclic amines) is 1. The Morgan fingerprint density at radius 1 is 1.26 bits per heavy atom. The third-order valence-corrected chi connectivity index (χ3v) is 6.16. The molecule has 3 aliphatic rings. The van der Waals surface area contributed by atoms with Gasteiger partial charge in [0.05, 0.1) is 11.8 Å². The van der Waals surface area contributed by atoms with Gasteiger partial charge < -0.3 is 25.4 Å². The molecule has 1 saturated carbocycles. The molecule has 2 aliphatic heterocycles. The molecular formula is C19H28N6O6. The van der Waals surface area contributed by atoms with E-state index in [2.05, 4.69) is 26.0 Å². The van der Waals surface area contributed by atoms with Gasteiger partial charge in [0.1, 0.15) is 6.61 Å². The van der Waals surface area contributed by atoms with E-state index < -0.39 is 0 Å². The number of aromatic amines is 1. The zero-order valence-electron chi connectivity index (χ0n) is 17.2. The highest BCUT2D eigenvalue weighted by Crippen LogP contribution is 2.31. The number of rotatable bonds is 3. The molecule has 1 spiro atoms. The second-order valence-electron chi connectivity index (χ2n) is 8.06. The standard InChI is InChI=1S/C18H26N6O4.CH2O2/c25-15-10-28-18(11-19-15)5-7-24(8-6-18)17(27)12-1-3-13(4-2-12)21-16(26)14-9-20-23-22-14;2-1-3/h9,12-13H,1-8,10-11H2,(H,19,25)(H,21,26)(H,20,22,23);1H,(H,2,3). The van der Waals surface area contributed by atoms with Gasteiger partial charge in [0.25, 0.3) is 12.4 Å². The van der Waals surface area contributed by atoms with Crippen molar-refractivity contribution in [1.29, 1.82) is 0 Å². The number of ether oxygens (including phenoxy) is 1. The number of amides is 3. The molecule has 12 heteroatoms. The molecule has 1 aromatic rings. The SMILES string of the molecule is O=C1COC2(CCN(C(=O)C3CCC(NC(=O)c4cn[nH]n4)CC3)CC2)CN1.O=CO. The Labute approximate surface area is 179 Å². The van der Waals surface area contributed by atoms with Gasteiger partial charge in [0, 0.05) is 31.6 Å². The molecule has 170 valence electrons. The summed E-state index contributed by atoms with van der Waals surface area (Å²) in [7, 11) is 0. The van der Waals surface area contributed by atoms with Crippen LogP contribution in [0.5, 0.6) is 0 Å². The Hall–Kier alpha value is -3.02. The van der Waals surface area contributed by atoms with Gasteiger partial charge >= 0.3 is 0 Å². The lowest BCUT2D eigenvalue weighted by Crippen LogP contribution is -2.58. The van der Waals surface area contributed by atoms with Crippen LogP contribution in [-0.4, -0.2) is 87.5 Å². The average molecular weight is 436 g/mol. The van der Waals surface area contributed by atoms with E-state index in [0.29, 0.717) is 19.6 Å². The zero-order valence-corrected chi connectivity index (χ0v) is 17.2. The molecule has 31 heavy (non-hydrogen) atoms. The first-order chi connectivity index (χ1) is 15.0. The maximum atomic E-state index is 12.9. The normalized spacial score (nSPS) is 25.0. The van der Waals surface area contributed by atoms with Crippen molar-refractivity contribution in [1.82, 2.24) is 30.9 Å². The minimum Gasteiger partial charge on any atom is -0.483 e.